The lowest BCUT2D eigenvalue weighted by Gasteiger charge is -2.22. The molecule has 32 heavy (non-hydrogen) atoms. The lowest BCUT2D eigenvalue weighted by atomic mass is 10.2. The Balaban J connectivity index is 1.98. The molecule has 9 heteroatoms. The Labute approximate surface area is 191 Å². The summed E-state index contributed by atoms with van der Waals surface area (Å²) in [4.78, 5) is 25.9. The van der Waals surface area contributed by atoms with Gasteiger partial charge in [-0.15, -0.1) is 6.58 Å². The number of nitrogens with zero attached hydrogens (tertiary/aromatic N) is 2. The number of benzene rings is 2. The first-order valence-electron chi connectivity index (χ1n) is 9.47. The number of ether oxygens (including phenoxy) is 1. The highest BCUT2D eigenvalue weighted by Gasteiger charge is 2.20. The Morgan fingerprint density at radius 1 is 1.19 bits per heavy atom. The first kappa shape index (κ1) is 23.2. The van der Waals surface area contributed by atoms with E-state index in [1.165, 1.54) is 22.8 Å². The van der Waals surface area contributed by atoms with E-state index in [2.05, 4.69) is 22.5 Å². The molecule has 0 spiro atoms. The molecule has 1 N–H and O–H groups in total. The monoisotopic (exact) mass is 504 g/mol. The van der Waals surface area contributed by atoms with Gasteiger partial charge in [-0.3, -0.25) is 9.69 Å². The van der Waals surface area contributed by atoms with Crippen molar-refractivity contribution < 1.29 is 23.4 Å². The predicted molar refractivity (Wildman–Crippen MR) is 120 cm³/mol. The highest BCUT2D eigenvalue weighted by atomic mass is 79.9. The van der Waals surface area contributed by atoms with Crippen molar-refractivity contribution in [1.82, 2.24) is 4.57 Å². The van der Waals surface area contributed by atoms with E-state index in [0.717, 1.165) is 17.0 Å². The Kier molecular flexibility index (Phi) is 7.42. The SMILES string of the molecule is C=CCn1c(CN(C(=O)O)c2ccccc2)cc(OCc2ccc(F)cc2F)c(Br)c1=O. The van der Waals surface area contributed by atoms with Gasteiger partial charge >= 0.3 is 6.09 Å². The molecule has 3 rings (SSSR count). The number of para-hydroxylation sites is 1. The largest absolute Gasteiger partial charge is 0.487 e. The maximum Gasteiger partial charge on any atom is 0.412 e. The van der Waals surface area contributed by atoms with Crippen molar-refractivity contribution in [1.29, 1.82) is 0 Å². The molecule has 0 aliphatic rings. The standard InChI is InChI=1S/C23H19BrF2N2O4/c1-2-10-27-18(13-28(23(30)31)17-6-4-3-5-7-17)12-20(21(24)22(27)29)32-14-15-8-9-16(25)11-19(15)26/h2-9,11-12H,1,10,13-14H2,(H,30,31). The molecule has 3 aromatic rings. The van der Waals surface area contributed by atoms with E-state index in [0.29, 0.717) is 11.4 Å². The van der Waals surface area contributed by atoms with Crippen molar-refractivity contribution in [3.63, 3.8) is 0 Å². The second kappa shape index (κ2) is 10.2. The molecule has 6 nitrogen and oxygen atoms in total. The number of carboxylic acid groups (broad SMARTS) is 1. The first-order chi connectivity index (χ1) is 15.3. The minimum atomic E-state index is -1.20. The van der Waals surface area contributed by atoms with Crippen molar-refractivity contribution >= 4 is 27.7 Å². The van der Waals surface area contributed by atoms with Gasteiger partial charge in [-0.2, -0.15) is 0 Å². The fourth-order valence-corrected chi connectivity index (χ4v) is 3.49. The molecule has 0 unspecified atom stereocenters. The summed E-state index contributed by atoms with van der Waals surface area (Å²) in [6.45, 7) is 3.39. The quantitative estimate of drug-likeness (QED) is 0.420. The van der Waals surface area contributed by atoms with E-state index in [1.807, 2.05) is 0 Å². The predicted octanol–water partition coefficient (Wildman–Crippen LogP) is 5.34. The zero-order chi connectivity index (χ0) is 23.3. The molecule has 0 saturated heterocycles. The van der Waals surface area contributed by atoms with Gasteiger partial charge in [-0.25, -0.2) is 13.6 Å². The van der Waals surface area contributed by atoms with Gasteiger partial charge in [0, 0.05) is 35.6 Å². The van der Waals surface area contributed by atoms with E-state index in [9.17, 15) is 23.5 Å². The van der Waals surface area contributed by atoms with E-state index in [4.69, 9.17) is 4.74 Å². The van der Waals surface area contributed by atoms with E-state index >= 15 is 0 Å². The van der Waals surface area contributed by atoms with E-state index < -0.39 is 23.3 Å². The Bertz CT molecular complexity index is 1200. The topological polar surface area (TPSA) is 71.8 Å². The molecule has 0 aliphatic heterocycles. The molecule has 0 bridgehead atoms. The minimum absolute atomic E-state index is 0.0900. The van der Waals surface area contributed by atoms with E-state index in [1.54, 1.807) is 30.3 Å². The summed E-state index contributed by atoms with van der Waals surface area (Å²) in [7, 11) is 0. The molecule has 1 heterocycles. The molecule has 0 fully saturated rings. The fraction of sp³-hybridized carbons (Fsp3) is 0.130. The fourth-order valence-electron chi connectivity index (χ4n) is 3.05. The smallest absolute Gasteiger partial charge is 0.412 e. The van der Waals surface area contributed by atoms with Crippen LogP contribution in [-0.4, -0.2) is 15.8 Å². The Morgan fingerprint density at radius 3 is 2.53 bits per heavy atom. The van der Waals surface area contributed by atoms with Crippen molar-refractivity contribution in [3.8, 4) is 5.75 Å². The second-order valence-electron chi connectivity index (χ2n) is 6.75. The molecule has 2 aromatic carbocycles. The van der Waals surface area contributed by atoms with Crippen LogP contribution in [0.4, 0.5) is 19.3 Å². The zero-order valence-corrected chi connectivity index (χ0v) is 18.4. The van der Waals surface area contributed by atoms with Crippen LogP contribution in [-0.2, 0) is 19.7 Å². The number of amides is 1. The summed E-state index contributed by atoms with van der Waals surface area (Å²) >= 11 is 3.20. The maximum atomic E-state index is 13.9. The van der Waals surface area contributed by atoms with Crippen LogP contribution in [0.15, 0.2) is 76.5 Å². The molecule has 0 atom stereocenters. The van der Waals surface area contributed by atoms with Gasteiger partial charge in [-0.05, 0) is 40.2 Å². The molecule has 0 aliphatic carbocycles. The first-order valence-corrected chi connectivity index (χ1v) is 10.3. The minimum Gasteiger partial charge on any atom is -0.487 e. The number of allylic oxidation sites excluding steroid dienone is 1. The summed E-state index contributed by atoms with van der Waals surface area (Å²) in [5, 5.41) is 9.71. The number of aromatic nitrogens is 1. The number of pyridine rings is 1. The van der Waals surface area contributed by atoms with E-state index in [-0.39, 0.29) is 35.5 Å². The lowest BCUT2D eigenvalue weighted by Crippen LogP contribution is -2.33. The number of rotatable bonds is 8. The molecule has 1 aromatic heterocycles. The lowest BCUT2D eigenvalue weighted by molar-refractivity contribution is 0.201. The summed E-state index contributed by atoms with van der Waals surface area (Å²) in [5.74, 6) is -1.38. The Morgan fingerprint density at radius 2 is 1.91 bits per heavy atom. The van der Waals surface area contributed by atoms with Crippen LogP contribution < -0.4 is 15.2 Å². The van der Waals surface area contributed by atoms with Crippen molar-refractivity contribution in [2.45, 2.75) is 19.7 Å². The number of hydrogen-bond donors (Lipinski definition) is 1. The van der Waals surface area contributed by atoms with Crippen LogP contribution in [0.5, 0.6) is 5.75 Å². The molecular weight excluding hydrogens is 486 g/mol. The normalized spacial score (nSPS) is 10.6. The van der Waals surface area contributed by atoms with Crippen molar-refractivity contribution in [3.05, 3.63) is 105 Å². The number of halogens is 3. The number of carbonyl (C=O) groups is 1. The van der Waals surface area contributed by atoms with Gasteiger partial charge in [0.15, 0.2) is 0 Å². The third-order valence-electron chi connectivity index (χ3n) is 4.62. The van der Waals surface area contributed by atoms with Gasteiger partial charge in [0.1, 0.15) is 28.5 Å². The number of anilines is 1. The Hall–Kier alpha value is -3.46. The average Bonchev–Trinajstić information content (AvgIpc) is 2.77. The summed E-state index contributed by atoms with van der Waals surface area (Å²) < 4.78 is 34.2. The third-order valence-corrected chi connectivity index (χ3v) is 5.35. The summed E-state index contributed by atoms with van der Waals surface area (Å²) in [6.07, 6.45) is 0.312. The second-order valence-corrected chi connectivity index (χ2v) is 7.54. The van der Waals surface area contributed by atoms with Gasteiger partial charge in [0.05, 0.1) is 6.54 Å². The van der Waals surface area contributed by atoms with Crippen LogP contribution in [0.3, 0.4) is 0 Å². The van der Waals surface area contributed by atoms with Crippen LogP contribution in [0.1, 0.15) is 11.3 Å². The van der Waals surface area contributed by atoms with Crippen molar-refractivity contribution in [2.24, 2.45) is 0 Å². The van der Waals surface area contributed by atoms with Gasteiger partial charge < -0.3 is 14.4 Å². The van der Waals surface area contributed by atoms with Crippen LogP contribution in [0.25, 0.3) is 0 Å². The average molecular weight is 505 g/mol. The zero-order valence-electron chi connectivity index (χ0n) is 16.8. The van der Waals surface area contributed by atoms with Crippen LogP contribution >= 0.6 is 15.9 Å². The molecule has 1 amide bonds. The van der Waals surface area contributed by atoms with Crippen LogP contribution in [0.2, 0.25) is 0 Å². The molecule has 0 saturated carbocycles. The summed E-state index contributed by atoms with van der Waals surface area (Å²) in [5.41, 5.74) is 0.414. The third kappa shape index (κ3) is 5.23. The molecule has 166 valence electrons. The van der Waals surface area contributed by atoms with Gasteiger partial charge in [0.2, 0.25) is 0 Å². The van der Waals surface area contributed by atoms with Crippen LogP contribution in [0, 0.1) is 11.6 Å². The molecule has 0 radical (unpaired) electrons. The summed E-state index contributed by atoms with van der Waals surface area (Å²) in [6, 6.07) is 13.0. The molecular formula is C23H19BrF2N2O4. The highest BCUT2D eigenvalue weighted by molar-refractivity contribution is 9.10. The van der Waals surface area contributed by atoms with Gasteiger partial charge in [0.25, 0.3) is 5.56 Å². The highest BCUT2D eigenvalue weighted by Crippen LogP contribution is 2.26. The van der Waals surface area contributed by atoms with Crippen molar-refractivity contribution in [2.75, 3.05) is 4.90 Å². The van der Waals surface area contributed by atoms with Gasteiger partial charge in [-0.1, -0.05) is 24.3 Å². The maximum absolute atomic E-state index is 13.9. The number of hydrogen-bond acceptors (Lipinski definition) is 3.